The fraction of sp³-hybridized carbons (Fsp3) is 0.217. The zero-order chi connectivity index (χ0) is 21.3. The Hall–Kier alpha value is -3.61. The Kier molecular flexibility index (Phi) is 7.21. The lowest BCUT2D eigenvalue weighted by Gasteiger charge is -2.11. The zero-order valence-electron chi connectivity index (χ0n) is 16.9. The summed E-state index contributed by atoms with van der Waals surface area (Å²) in [5.41, 5.74) is 1.51. The molecule has 0 bridgehead atoms. The summed E-state index contributed by atoms with van der Waals surface area (Å²) in [5, 5.41) is 5.87. The highest BCUT2D eigenvalue weighted by Gasteiger charge is 2.11. The third-order valence-corrected chi connectivity index (χ3v) is 4.20. The third kappa shape index (κ3) is 5.70. The van der Waals surface area contributed by atoms with Crippen molar-refractivity contribution < 1.29 is 18.7 Å². The SMILES string of the molecule is CCOc1cc(OCC)cc(C(=O)Nc2ccc(NCc3ccccc3F)nc2)c1. The average molecular weight is 409 g/mol. The van der Waals surface area contributed by atoms with Crippen LogP contribution in [0.4, 0.5) is 15.9 Å². The molecule has 0 fully saturated rings. The van der Waals surface area contributed by atoms with Crippen LogP contribution in [0.25, 0.3) is 0 Å². The van der Waals surface area contributed by atoms with Crippen LogP contribution in [0.3, 0.4) is 0 Å². The molecule has 3 aromatic rings. The van der Waals surface area contributed by atoms with Crippen molar-refractivity contribution in [2.24, 2.45) is 0 Å². The molecular formula is C23H24FN3O3. The van der Waals surface area contributed by atoms with Crippen LogP contribution in [-0.4, -0.2) is 24.1 Å². The highest BCUT2D eigenvalue weighted by Crippen LogP contribution is 2.24. The Morgan fingerprint density at radius 1 is 1.00 bits per heavy atom. The predicted octanol–water partition coefficient (Wildman–Crippen LogP) is 4.88. The van der Waals surface area contributed by atoms with E-state index in [1.54, 1.807) is 48.5 Å². The van der Waals surface area contributed by atoms with Crippen molar-refractivity contribution in [2.75, 3.05) is 23.8 Å². The first-order valence-corrected chi connectivity index (χ1v) is 9.74. The number of rotatable bonds is 9. The molecule has 0 radical (unpaired) electrons. The molecule has 1 aromatic heterocycles. The van der Waals surface area contributed by atoms with Gasteiger partial charge in [-0.15, -0.1) is 0 Å². The van der Waals surface area contributed by atoms with Gasteiger partial charge < -0.3 is 20.1 Å². The van der Waals surface area contributed by atoms with Crippen LogP contribution in [0.5, 0.6) is 11.5 Å². The van der Waals surface area contributed by atoms with Crippen molar-refractivity contribution in [3.8, 4) is 11.5 Å². The lowest BCUT2D eigenvalue weighted by atomic mass is 10.2. The Bertz CT molecular complexity index is 969. The van der Waals surface area contributed by atoms with E-state index in [1.165, 1.54) is 12.3 Å². The number of ether oxygens (including phenoxy) is 2. The maximum absolute atomic E-state index is 13.7. The van der Waals surface area contributed by atoms with Gasteiger partial charge in [-0.3, -0.25) is 4.79 Å². The van der Waals surface area contributed by atoms with Gasteiger partial charge in [-0.25, -0.2) is 9.37 Å². The van der Waals surface area contributed by atoms with Crippen molar-refractivity contribution in [1.82, 2.24) is 4.98 Å². The Balaban J connectivity index is 1.65. The molecule has 156 valence electrons. The Labute approximate surface area is 175 Å². The van der Waals surface area contributed by atoms with Gasteiger partial charge in [-0.1, -0.05) is 18.2 Å². The van der Waals surface area contributed by atoms with Crippen LogP contribution in [-0.2, 0) is 6.54 Å². The molecule has 0 aliphatic heterocycles. The van der Waals surface area contributed by atoms with Crippen molar-refractivity contribution in [3.05, 3.63) is 77.7 Å². The number of nitrogens with zero attached hydrogens (tertiary/aromatic N) is 1. The molecule has 2 aromatic carbocycles. The number of carbonyl (C=O) groups is 1. The van der Waals surface area contributed by atoms with Crippen molar-refractivity contribution >= 4 is 17.4 Å². The highest BCUT2D eigenvalue weighted by atomic mass is 19.1. The molecule has 2 N–H and O–H groups in total. The van der Waals surface area contributed by atoms with Crippen LogP contribution in [0.15, 0.2) is 60.8 Å². The Morgan fingerprint density at radius 3 is 2.30 bits per heavy atom. The van der Waals surface area contributed by atoms with E-state index in [9.17, 15) is 9.18 Å². The molecule has 0 aliphatic rings. The fourth-order valence-electron chi connectivity index (χ4n) is 2.81. The van der Waals surface area contributed by atoms with Gasteiger partial charge in [0.2, 0.25) is 0 Å². The van der Waals surface area contributed by atoms with E-state index in [0.717, 1.165) is 0 Å². The lowest BCUT2D eigenvalue weighted by Crippen LogP contribution is -2.13. The van der Waals surface area contributed by atoms with Crippen molar-refractivity contribution in [3.63, 3.8) is 0 Å². The second kappa shape index (κ2) is 10.2. The van der Waals surface area contributed by atoms with Gasteiger partial charge in [0.25, 0.3) is 5.91 Å². The summed E-state index contributed by atoms with van der Waals surface area (Å²) in [6.45, 7) is 5.04. The number of amides is 1. The molecule has 0 atom stereocenters. The molecule has 0 saturated carbocycles. The summed E-state index contributed by atoms with van der Waals surface area (Å²) in [6, 6.07) is 15.1. The first kappa shape index (κ1) is 21.1. The highest BCUT2D eigenvalue weighted by molar-refractivity contribution is 6.04. The van der Waals surface area contributed by atoms with Crippen LogP contribution in [0.2, 0.25) is 0 Å². The van der Waals surface area contributed by atoms with E-state index in [0.29, 0.717) is 53.9 Å². The second-order valence-corrected chi connectivity index (χ2v) is 6.39. The lowest BCUT2D eigenvalue weighted by molar-refractivity contribution is 0.102. The number of aromatic nitrogens is 1. The number of hydrogen-bond acceptors (Lipinski definition) is 5. The van der Waals surface area contributed by atoms with Gasteiger partial charge >= 0.3 is 0 Å². The number of nitrogens with one attached hydrogen (secondary N) is 2. The van der Waals surface area contributed by atoms with Gasteiger partial charge in [0.1, 0.15) is 23.1 Å². The third-order valence-electron chi connectivity index (χ3n) is 4.20. The van der Waals surface area contributed by atoms with E-state index in [-0.39, 0.29) is 11.7 Å². The molecule has 0 aliphatic carbocycles. The minimum Gasteiger partial charge on any atom is -0.494 e. The molecule has 0 unspecified atom stereocenters. The van der Waals surface area contributed by atoms with Crippen LogP contribution in [0.1, 0.15) is 29.8 Å². The van der Waals surface area contributed by atoms with E-state index < -0.39 is 0 Å². The van der Waals surface area contributed by atoms with E-state index in [4.69, 9.17) is 9.47 Å². The van der Waals surface area contributed by atoms with Gasteiger partial charge in [-0.2, -0.15) is 0 Å². The normalized spacial score (nSPS) is 10.4. The number of hydrogen-bond donors (Lipinski definition) is 2. The number of pyridine rings is 1. The molecule has 6 nitrogen and oxygen atoms in total. The smallest absolute Gasteiger partial charge is 0.255 e. The fourth-order valence-corrected chi connectivity index (χ4v) is 2.81. The summed E-state index contributed by atoms with van der Waals surface area (Å²) in [7, 11) is 0. The molecular weight excluding hydrogens is 385 g/mol. The molecule has 0 spiro atoms. The maximum atomic E-state index is 13.7. The summed E-state index contributed by atoms with van der Waals surface area (Å²) >= 11 is 0. The number of halogens is 1. The second-order valence-electron chi connectivity index (χ2n) is 6.39. The van der Waals surface area contributed by atoms with Crippen LogP contribution in [0, 0.1) is 5.82 Å². The average Bonchev–Trinajstić information content (AvgIpc) is 2.74. The van der Waals surface area contributed by atoms with E-state index >= 15 is 0 Å². The minimum atomic E-state index is -0.300. The van der Waals surface area contributed by atoms with Gasteiger partial charge in [-0.05, 0) is 44.2 Å². The standard InChI is InChI=1S/C23H24FN3O3/c1-3-29-19-11-17(12-20(13-19)30-4-2)23(28)27-18-9-10-22(26-15-18)25-14-16-7-5-6-8-21(16)24/h5-13,15H,3-4,14H2,1-2H3,(H,25,26)(H,27,28). The topological polar surface area (TPSA) is 72.5 Å². The molecule has 0 saturated heterocycles. The summed E-state index contributed by atoms with van der Waals surface area (Å²) in [4.78, 5) is 16.9. The summed E-state index contributed by atoms with van der Waals surface area (Å²) < 4.78 is 24.7. The number of benzene rings is 2. The quantitative estimate of drug-likeness (QED) is 0.527. The van der Waals surface area contributed by atoms with Gasteiger partial charge in [0.05, 0.1) is 25.1 Å². The molecule has 1 amide bonds. The van der Waals surface area contributed by atoms with Gasteiger partial charge in [0.15, 0.2) is 0 Å². The van der Waals surface area contributed by atoms with Crippen molar-refractivity contribution in [2.45, 2.75) is 20.4 Å². The maximum Gasteiger partial charge on any atom is 0.255 e. The predicted molar refractivity (Wildman–Crippen MR) is 115 cm³/mol. The Morgan fingerprint density at radius 2 is 1.70 bits per heavy atom. The zero-order valence-corrected chi connectivity index (χ0v) is 16.9. The first-order chi connectivity index (χ1) is 14.6. The number of anilines is 2. The van der Waals surface area contributed by atoms with Crippen LogP contribution >= 0.6 is 0 Å². The van der Waals surface area contributed by atoms with E-state index in [2.05, 4.69) is 15.6 Å². The monoisotopic (exact) mass is 409 g/mol. The molecule has 7 heteroatoms. The van der Waals surface area contributed by atoms with Gasteiger partial charge in [0, 0.05) is 23.7 Å². The summed E-state index contributed by atoms with van der Waals surface area (Å²) in [5.74, 6) is 1.15. The largest absolute Gasteiger partial charge is 0.494 e. The van der Waals surface area contributed by atoms with E-state index in [1.807, 2.05) is 13.8 Å². The van der Waals surface area contributed by atoms with Crippen molar-refractivity contribution in [1.29, 1.82) is 0 Å². The molecule has 3 rings (SSSR count). The molecule has 30 heavy (non-hydrogen) atoms. The number of carbonyl (C=O) groups excluding carboxylic acids is 1. The molecule has 1 heterocycles. The minimum absolute atomic E-state index is 0.269. The van der Waals surface area contributed by atoms with Crippen LogP contribution < -0.4 is 20.1 Å². The first-order valence-electron chi connectivity index (χ1n) is 9.74. The summed E-state index contributed by atoms with van der Waals surface area (Å²) in [6.07, 6.45) is 1.54.